The molecule has 0 unspecified atom stereocenters. The van der Waals surface area contributed by atoms with Gasteiger partial charge in [0.15, 0.2) is 5.13 Å². The molecule has 0 radical (unpaired) electrons. The van der Waals surface area contributed by atoms with Crippen LogP contribution in [0.5, 0.6) is 0 Å². The van der Waals surface area contributed by atoms with Crippen molar-refractivity contribution in [2.75, 3.05) is 17.7 Å². The van der Waals surface area contributed by atoms with Crippen molar-refractivity contribution < 1.29 is 4.79 Å². The molecule has 8 heteroatoms. The number of nitrogens with zero attached hydrogens (tertiary/aromatic N) is 3. The lowest BCUT2D eigenvalue weighted by Gasteiger charge is -1.98. The second-order valence-electron chi connectivity index (χ2n) is 3.85. The van der Waals surface area contributed by atoms with Crippen LogP contribution in [0.3, 0.4) is 0 Å². The van der Waals surface area contributed by atoms with Gasteiger partial charge in [0, 0.05) is 12.4 Å². The summed E-state index contributed by atoms with van der Waals surface area (Å²) in [5, 5.41) is 16.6. The van der Waals surface area contributed by atoms with Gasteiger partial charge in [-0.1, -0.05) is 25.2 Å². The zero-order valence-electron chi connectivity index (χ0n) is 10.2. The van der Waals surface area contributed by atoms with Crippen molar-refractivity contribution >= 4 is 38.8 Å². The quantitative estimate of drug-likeness (QED) is 0.900. The average Bonchev–Trinajstić information content (AvgIpc) is 2.96. The van der Waals surface area contributed by atoms with Crippen molar-refractivity contribution in [1.82, 2.24) is 15.2 Å². The molecule has 0 aliphatic heterocycles. The van der Waals surface area contributed by atoms with Crippen LogP contribution in [0.2, 0.25) is 0 Å². The fourth-order valence-electron chi connectivity index (χ4n) is 1.18. The number of hydrogen-bond acceptors (Lipinski definition) is 7. The molecule has 18 heavy (non-hydrogen) atoms. The number of amides is 1. The molecule has 2 rings (SSSR count). The molecular formula is C10H13N5OS2. The Kier molecular flexibility index (Phi) is 3.87. The van der Waals surface area contributed by atoms with E-state index in [1.54, 1.807) is 7.05 Å². The standard InChI is InChI=1S/C10H13N5OS2/c1-5(2)6-4-17-10(12-6)13-7(16)8-14-15-9(11-3)18-8/h4-5H,1-3H3,(H,11,15)(H,12,13,16). The first-order valence-corrected chi connectivity index (χ1v) is 7.07. The molecule has 6 nitrogen and oxygen atoms in total. The molecule has 0 atom stereocenters. The molecule has 2 aromatic heterocycles. The maximum Gasteiger partial charge on any atom is 0.288 e. The normalized spacial score (nSPS) is 10.7. The summed E-state index contributed by atoms with van der Waals surface area (Å²) in [5.74, 6) is 0.0722. The molecule has 0 saturated heterocycles. The van der Waals surface area contributed by atoms with E-state index in [2.05, 4.69) is 39.7 Å². The number of anilines is 2. The van der Waals surface area contributed by atoms with Gasteiger partial charge in [-0.25, -0.2) is 4.98 Å². The highest BCUT2D eigenvalue weighted by Gasteiger charge is 2.14. The van der Waals surface area contributed by atoms with Crippen molar-refractivity contribution in [2.24, 2.45) is 0 Å². The lowest BCUT2D eigenvalue weighted by Crippen LogP contribution is -2.11. The molecule has 0 saturated carbocycles. The fourth-order valence-corrected chi connectivity index (χ4v) is 2.63. The van der Waals surface area contributed by atoms with Crippen LogP contribution < -0.4 is 10.6 Å². The van der Waals surface area contributed by atoms with Gasteiger partial charge in [-0.2, -0.15) is 0 Å². The number of carbonyl (C=O) groups excluding carboxylic acids is 1. The topological polar surface area (TPSA) is 79.8 Å². The minimum atomic E-state index is -0.279. The Morgan fingerprint density at radius 2 is 2.11 bits per heavy atom. The molecular weight excluding hydrogens is 270 g/mol. The van der Waals surface area contributed by atoms with Gasteiger partial charge < -0.3 is 5.32 Å². The average molecular weight is 283 g/mol. The van der Waals surface area contributed by atoms with Crippen LogP contribution in [-0.4, -0.2) is 28.1 Å². The van der Waals surface area contributed by atoms with E-state index in [1.165, 1.54) is 22.7 Å². The minimum Gasteiger partial charge on any atom is -0.363 e. The second-order valence-corrected chi connectivity index (χ2v) is 5.68. The maximum absolute atomic E-state index is 11.9. The van der Waals surface area contributed by atoms with Gasteiger partial charge in [-0.05, 0) is 5.92 Å². The third-order valence-corrected chi connectivity index (χ3v) is 3.88. The number of hydrogen-bond donors (Lipinski definition) is 2. The minimum absolute atomic E-state index is 0.279. The SMILES string of the molecule is CNc1nnc(C(=O)Nc2nc(C(C)C)cs2)s1. The summed E-state index contributed by atoms with van der Waals surface area (Å²) >= 11 is 2.62. The predicted octanol–water partition coefficient (Wildman–Crippen LogP) is 2.41. The number of carbonyl (C=O) groups is 1. The highest BCUT2D eigenvalue weighted by Crippen LogP contribution is 2.22. The molecule has 0 spiro atoms. The largest absolute Gasteiger partial charge is 0.363 e. The molecule has 0 aromatic carbocycles. The Morgan fingerprint density at radius 1 is 1.33 bits per heavy atom. The van der Waals surface area contributed by atoms with Gasteiger partial charge in [-0.15, -0.1) is 21.5 Å². The smallest absolute Gasteiger partial charge is 0.288 e. The van der Waals surface area contributed by atoms with Crippen LogP contribution in [0.15, 0.2) is 5.38 Å². The number of nitrogens with one attached hydrogen (secondary N) is 2. The number of aromatic nitrogens is 3. The van der Waals surface area contributed by atoms with Crippen molar-refractivity contribution in [3.8, 4) is 0 Å². The van der Waals surface area contributed by atoms with E-state index in [0.29, 0.717) is 21.2 Å². The van der Waals surface area contributed by atoms with E-state index in [1.807, 2.05) is 5.38 Å². The van der Waals surface area contributed by atoms with Gasteiger partial charge >= 0.3 is 0 Å². The van der Waals surface area contributed by atoms with Gasteiger partial charge in [-0.3, -0.25) is 10.1 Å². The Balaban J connectivity index is 2.06. The lowest BCUT2D eigenvalue weighted by atomic mass is 10.2. The van der Waals surface area contributed by atoms with E-state index >= 15 is 0 Å². The summed E-state index contributed by atoms with van der Waals surface area (Å²) in [6.07, 6.45) is 0. The molecule has 96 valence electrons. The lowest BCUT2D eigenvalue weighted by molar-refractivity contribution is 0.102. The van der Waals surface area contributed by atoms with Gasteiger partial charge in [0.2, 0.25) is 10.1 Å². The Morgan fingerprint density at radius 3 is 2.67 bits per heavy atom. The van der Waals surface area contributed by atoms with Crippen molar-refractivity contribution in [1.29, 1.82) is 0 Å². The molecule has 0 bridgehead atoms. The van der Waals surface area contributed by atoms with Crippen molar-refractivity contribution in [3.05, 3.63) is 16.1 Å². The summed E-state index contributed by atoms with van der Waals surface area (Å²) in [6, 6.07) is 0. The summed E-state index contributed by atoms with van der Waals surface area (Å²) in [6.45, 7) is 4.12. The molecule has 2 aromatic rings. The van der Waals surface area contributed by atoms with Crippen LogP contribution in [-0.2, 0) is 0 Å². The van der Waals surface area contributed by atoms with Gasteiger partial charge in [0.05, 0.1) is 5.69 Å². The first-order chi connectivity index (χ1) is 8.60. The fraction of sp³-hybridized carbons (Fsp3) is 0.400. The molecule has 1 amide bonds. The third-order valence-electron chi connectivity index (χ3n) is 2.17. The zero-order chi connectivity index (χ0) is 13.1. The summed E-state index contributed by atoms with van der Waals surface area (Å²) in [5.41, 5.74) is 0.975. The third kappa shape index (κ3) is 2.82. The van der Waals surface area contributed by atoms with Gasteiger partial charge in [0.1, 0.15) is 0 Å². The molecule has 2 heterocycles. The highest BCUT2D eigenvalue weighted by atomic mass is 32.1. The van der Waals surface area contributed by atoms with Crippen LogP contribution in [0.1, 0.15) is 35.3 Å². The van der Waals surface area contributed by atoms with E-state index in [4.69, 9.17) is 0 Å². The monoisotopic (exact) mass is 283 g/mol. The summed E-state index contributed by atoms with van der Waals surface area (Å²) < 4.78 is 0. The van der Waals surface area contributed by atoms with Crippen LogP contribution in [0, 0.1) is 0 Å². The van der Waals surface area contributed by atoms with Crippen LogP contribution >= 0.6 is 22.7 Å². The Labute approximate surface area is 112 Å². The Hall–Kier alpha value is -1.54. The molecule has 0 aliphatic carbocycles. The number of thiazole rings is 1. The first kappa shape index (κ1) is 12.9. The van der Waals surface area contributed by atoms with Crippen molar-refractivity contribution in [2.45, 2.75) is 19.8 Å². The first-order valence-electron chi connectivity index (χ1n) is 5.38. The maximum atomic E-state index is 11.9. The van der Waals surface area contributed by atoms with Crippen LogP contribution in [0.4, 0.5) is 10.3 Å². The number of rotatable bonds is 4. The molecule has 2 N–H and O–H groups in total. The van der Waals surface area contributed by atoms with Gasteiger partial charge in [0.25, 0.3) is 5.91 Å². The molecule has 0 fully saturated rings. The van der Waals surface area contributed by atoms with E-state index < -0.39 is 0 Å². The van der Waals surface area contributed by atoms with Crippen LogP contribution in [0.25, 0.3) is 0 Å². The van der Waals surface area contributed by atoms with Crippen molar-refractivity contribution in [3.63, 3.8) is 0 Å². The zero-order valence-corrected chi connectivity index (χ0v) is 11.9. The van der Waals surface area contributed by atoms with E-state index in [0.717, 1.165) is 5.69 Å². The van der Waals surface area contributed by atoms with E-state index in [9.17, 15) is 4.79 Å². The van der Waals surface area contributed by atoms with E-state index in [-0.39, 0.29) is 5.91 Å². The summed E-state index contributed by atoms with van der Waals surface area (Å²) in [7, 11) is 1.73. The highest BCUT2D eigenvalue weighted by molar-refractivity contribution is 7.17. The Bertz CT molecular complexity index is 548. The predicted molar refractivity (Wildman–Crippen MR) is 73.6 cm³/mol. The summed E-state index contributed by atoms with van der Waals surface area (Å²) in [4.78, 5) is 16.2. The second kappa shape index (κ2) is 5.40. The molecule has 0 aliphatic rings.